The highest BCUT2D eigenvalue weighted by Crippen LogP contribution is 2.23. The van der Waals surface area contributed by atoms with Crippen molar-refractivity contribution in [2.24, 2.45) is 5.10 Å². The maximum Gasteiger partial charge on any atom is 0.287 e. The predicted octanol–water partition coefficient (Wildman–Crippen LogP) is 5.63. The number of amides is 2. The molecule has 2 N–H and O–H groups in total. The molecule has 168 valence electrons. The molecule has 0 aliphatic rings. The van der Waals surface area contributed by atoms with E-state index < -0.39 is 11.8 Å². The Kier molecular flexibility index (Phi) is 7.47. The van der Waals surface area contributed by atoms with Crippen molar-refractivity contribution in [3.8, 4) is 11.3 Å². The van der Waals surface area contributed by atoms with E-state index in [9.17, 15) is 9.59 Å². The first-order valence-electron chi connectivity index (χ1n) is 10.4. The van der Waals surface area contributed by atoms with E-state index in [1.807, 2.05) is 66.7 Å². The van der Waals surface area contributed by atoms with Gasteiger partial charge in [0.05, 0.1) is 6.21 Å². The molecule has 0 aliphatic carbocycles. The number of nitrogens with zero attached hydrogens (tertiary/aromatic N) is 1. The summed E-state index contributed by atoms with van der Waals surface area (Å²) in [6.45, 7) is 0. The zero-order valence-corrected chi connectivity index (χ0v) is 19.5. The van der Waals surface area contributed by atoms with Crippen molar-refractivity contribution in [3.05, 3.63) is 124 Å². The second-order valence-electron chi connectivity index (χ2n) is 7.20. The lowest BCUT2D eigenvalue weighted by Gasteiger charge is -2.09. The van der Waals surface area contributed by atoms with E-state index in [1.54, 1.807) is 36.4 Å². The maximum atomic E-state index is 12.8. The molecule has 0 atom stereocenters. The Hall–Kier alpha value is -4.23. The monoisotopic (exact) mass is 513 g/mol. The van der Waals surface area contributed by atoms with Gasteiger partial charge in [0, 0.05) is 15.6 Å². The van der Waals surface area contributed by atoms with Gasteiger partial charge < -0.3 is 9.73 Å². The number of carbonyl (C=O) groups is 2. The molecular weight excluding hydrogens is 494 g/mol. The van der Waals surface area contributed by atoms with Crippen molar-refractivity contribution in [2.75, 3.05) is 0 Å². The zero-order valence-electron chi connectivity index (χ0n) is 17.9. The summed E-state index contributed by atoms with van der Waals surface area (Å²) in [5, 5.41) is 6.66. The number of rotatable bonds is 7. The molecule has 3 aromatic carbocycles. The Morgan fingerprint density at radius 3 is 2.21 bits per heavy atom. The van der Waals surface area contributed by atoms with Crippen molar-refractivity contribution in [3.63, 3.8) is 0 Å². The lowest BCUT2D eigenvalue weighted by Crippen LogP contribution is -2.32. The number of benzene rings is 3. The Morgan fingerprint density at radius 1 is 0.824 bits per heavy atom. The van der Waals surface area contributed by atoms with Crippen molar-refractivity contribution < 1.29 is 14.0 Å². The lowest BCUT2D eigenvalue weighted by atomic mass is 10.1. The molecule has 6 nitrogen and oxygen atoms in total. The van der Waals surface area contributed by atoms with Gasteiger partial charge in [0.15, 0.2) is 0 Å². The van der Waals surface area contributed by atoms with Gasteiger partial charge in [-0.3, -0.25) is 9.59 Å². The van der Waals surface area contributed by atoms with Crippen LogP contribution in [-0.2, 0) is 4.79 Å². The normalized spacial score (nSPS) is 11.4. The molecule has 1 heterocycles. The van der Waals surface area contributed by atoms with Gasteiger partial charge in [0.25, 0.3) is 11.8 Å². The molecule has 0 aliphatic heterocycles. The standard InChI is InChI=1S/C27H20BrN3O3/c28-22-13-11-20(12-14-22)25-16-15-23(34-25)18-29-31-27(33)24(17-19-7-3-1-4-8-19)30-26(32)21-9-5-2-6-10-21/h1-18H,(H,30,32)(H,31,33)/b24-17-,29-18-. The molecule has 4 aromatic rings. The molecule has 0 unspecified atom stereocenters. The van der Waals surface area contributed by atoms with Gasteiger partial charge in [-0.25, -0.2) is 5.43 Å². The predicted molar refractivity (Wildman–Crippen MR) is 136 cm³/mol. The number of hydrogen-bond acceptors (Lipinski definition) is 4. The van der Waals surface area contributed by atoms with Gasteiger partial charge in [-0.15, -0.1) is 0 Å². The Labute approximate surface area is 205 Å². The van der Waals surface area contributed by atoms with E-state index in [1.165, 1.54) is 6.21 Å². The number of nitrogens with one attached hydrogen (secondary N) is 2. The van der Waals surface area contributed by atoms with E-state index in [-0.39, 0.29) is 5.70 Å². The van der Waals surface area contributed by atoms with Gasteiger partial charge in [0.2, 0.25) is 0 Å². The fourth-order valence-corrected chi connectivity index (χ4v) is 3.33. The molecule has 7 heteroatoms. The summed E-state index contributed by atoms with van der Waals surface area (Å²) in [6.07, 6.45) is 2.99. The van der Waals surface area contributed by atoms with Crippen LogP contribution in [0, 0.1) is 0 Å². The molecule has 0 bridgehead atoms. The minimum Gasteiger partial charge on any atom is -0.455 e. The third kappa shape index (κ3) is 6.17. The third-order valence-electron chi connectivity index (χ3n) is 4.75. The van der Waals surface area contributed by atoms with Crippen LogP contribution in [0.4, 0.5) is 0 Å². The number of furan rings is 1. The minimum absolute atomic E-state index is 0.0622. The average molecular weight is 514 g/mol. The van der Waals surface area contributed by atoms with Crippen molar-refractivity contribution >= 4 is 40.0 Å². The zero-order chi connectivity index (χ0) is 23.8. The highest BCUT2D eigenvalue weighted by Gasteiger charge is 2.14. The van der Waals surface area contributed by atoms with Crippen molar-refractivity contribution in [2.45, 2.75) is 0 Å². The van der Waals surface area contributed by atoms with Crippen LogP contribution in [0.2, 0.25) is 0 Å². The van der Waals surface area contributed by atoms with Crippen LogP contribution in [0.5, 0.6) is 0 Å². The largest absolute Gasteiger partial charge is 0.455 e. The second kappa shape index (κ2) is 11.1. The van der Waals surface area contributed by atoms with Crippen molar-refractivity contribution in [1.29, 1.82) is 0 Å². The minimum atomic E-state index is -0.566. The topological polar surface area (TPSA) is 83.7 Å². The van der Waals surface area contributed by atoms with Crippen LogP contribution < -0.4 is 10.7 Å². The van der Waals surface area contributed by atoms with E-state index in [4.69, 9.17) is 4.42 Å². The molecule has 0 saturated carbocycles. The quantitative estimate of drug-likeness (QED) is 0.191. The van der Waals surface area contributed by atoms with Crippen LogP contribution in [0.15, 0.2) is 117 Å². The summed E-state index contributed by atoms with van der Waals surface area (Å²) >= 11 is 3.41. The summed E-state index contributed by atoms with van der Waals surface area (Å²) < 4.78 is 6.75. The highest BCUT2D eigenvalue weighted by atomic mass is 79.9. The van der Waals surface area contributed by atoms with Gasteiger partial charge >= 0.3 is 0 Å². The van der Waals surface area contributed by atoms with Crippen LogP contribution in [0.25, 0.3) is 17.4 Å². The smallest absolute Gasteiger partial charge is 0.287 e. The molecule has 4 rings (SSSR count). The summed E-state index contributed by atoms with van der Waals surface area (Å²) in [7, 11) is 0. The first kappa shape index (κ1) is 22.9. The SMILES string of the molecule is O=C(N/N=C\c1ccc(-c2ccc(Br)cc2)o1)/C(=C/c1ccccc1)NC(=O)c1ccccc1. The molecule has 34 heavy (non-hydrogen) atoms. The van der Waals surface area contributed by atoms with Gasteiger partial charge in [0.1, 0.15) is 17.2 Å². The average Bonchev–Trinajstić information content (AvgIpc) is 3.34. The van der Waals surface area contributed by atoms with Crippen LogP contribution in [0.3, 0.4) is 0 Å². The Bertz CT molecular complexity index is 1330. The fourth-order valence-electron chi connectivity index (χ4n) is 3.06. The molecule has 0 saturated heterocycles. The van der Waals surface area contributed by atoms with Gasteiger partial charge in [-0.05, 0) is 48.0 Å². The molecular formula is C27H20BrN3O3. The molecule has 0 spiro atoms. The van der Waals surface area contributed by atoms with E-state index in [0.29, 0.717) is 17.1 Å². The molecule has 1 aromatic heterocycles. The van der Waals surface area contributed by atoms with Crippen LogP contribution in [-0.4, -0.2) is 18.0 Å². The Morgan fingerprint density at radius 2 is 1.50 bits per heavy atom. The fraction of sp³-hybridized carbons (Fsp3) is 0. The van der Waals surface area contributed by atoms with E-state index in [0.717, 1.165) is 15.6 Å². The second-order valence-corrected chi connectivity index (χ2v) is 8.11. The van der Waals surface area contributed by atoms with E-state index in [2.05, 4.69) is 31.8 Å². The number of hydrazone groups is 1. The van der Waals surface area contributed by atoms with Gasteiger partial charge in [-0.2, -0.15) is 5.10 Å². The van der Waals surface area contributed by atoms with Crippen LogP contribution in [0.1, 0.15) is 21.7 Å². The highest BCUT2D eigenvalue weighted by molar-refractivity contribution is 9.10. The number of halogens is 1. The number of carbonyl (C=O) groups excluding carboxylic acids is 2. The van der Waals surface area contributed by atoms with E-state index >= 15 is 0 Å². The summed E-state index contributed by atoms with van der Waals surface area (Å²) in [4.78, 5) is 25.4. The van der Waals surface area contributed by atoms with Crippen LogP contribution >= 0.6 is 15.9 Å². The summed E-state index contributed by atoms with van der Waals surface area (Å²) in [6, 6.07) is 29.2. The third-order valence-corrected chi connectivity index (χ3v) is 5.28. The molecule has 2 amide bonds. The summed E-state index contributed by atoms with van der Waals surface area (Å²) in [5.74, 6) is 0.191. The van der Waals surface area contributed by atoms with Crippen molar-refractivity contribution in [1.82, 2.24) is 10.7 Å². The number of hydrogen-bond donors (Lipinski definition) is 2. The Balaban J connectivity index is 1.47. The molecule has 0 fully saturated rings. The lowest BCUT2D eigenvalue weighted by molar-refractivity contribution is -0.117. The first-order chi connectivity index (χ1) is 16.6. The van der Waals surface area contributed by atoms with Gasteiger partial charge in [-0.1, -0.05) is 76.6 Å². The summed E-state index contributed by atoms with van der Waals surface area (Å²) in [5.41, 5.74) is 4.63. The molecule has 0 radical (unpaired) electrons. The first-order valence-corrected chi connectivity index (χ1v) is 11.2. The maximum absolute atomic E-state index is 12.8.